The van der Waals surface area contributed by atoms with Gasteiger partial charge in [0, 0.05) is 17.3 Å². The standard InChI is InChI=1S/C16H21NO5S/c1-3-22-16(21)14-10-5-4-9(2)8-11(10)23-15(14)17-12(18)6-7-13(19)20/h9H,3-8H2,1-2H3,(H,17,18)(H,19,20)/p-1. The van der Waals surface area contributed by atoms with Gasteiger partial charge in [0.1, 0.15) is 5.00 Å². The molecule has 0 spiro atoms. The lowest BCUT2D eigenvalue weighted by Gasteiger charge is -2.18. The van der Waals surface area contributed by atoms with Crippen molar-refractivity contribution in [1.29, 1.82) is 0 Å². The van der Waals surface area contributed by atoms with Crippen LogP contribution in [0.4, 0.5) is 5.00 Å². The van der Waals surface area contributed by atoms with Crippen LogP contribution in [0.25, 0.3) is 0 Å². The summed E-state index contributed by atoms with van der Waals surface area (Å²) in [6, 6.07) is 0. The Bertz CT molecular complexity index is 622. The molecule has 6 nitrogen and oxygen atoms in total. The fraction of sp³-hybridized carbons (Fsp3) is 0.562. The van der Waals surface area contributed by atoms with Gasteiger partial charge in [-0.1, -0.05) is 6.92 Å². The lowest BCUT2D eigenvalue weighted by Crippen LogP contribution is -2.24. The van der Waals surface area contributed by atoms with Crippen LogP contribution in [-0.2, 0) is 27.2 Å². The van der Waals surface area contributed by atoms with Crippen molar-refractivity contribution in [3.05, 3.63) is 16.0 Å². The van der Waals surface area contributed by atoms with Crippen LogP contribution in [0, 0.1) is 5.92 Å². The van der Waals surface area contributed by atoms with E-state index < -0.39 is 17.8 Å². The molecule has 0 aliphatic heterocycles. The van der Waals surface area contributed by atoms with Gasteiger partial charge >= 0.3 is 5.97 Å². The molecule has 1 aliphatic carbocycles. The number of carbonyl (C=O) groups excluding carboxylic acids is 3. The predicted octanol–water partition coefficient (Wildman–Crippen LogP) is 1.52. The Hall–Kier alpha value is -1.89. The Labute approximate surface area is 138 Å². The highest BCUT2D eigenvalue weighted by Gasteiger charge is 2.29. The molecule has 1 heterocycles. The summed E-state index contributed by atoms with van der Waals surface area (Å²) in [6.45, 7) is 4.15. The molecule has 0 saturated carbocycles. The molecule has 1 aromatic heterocycles. The van der Waals surface area contributed by atoms with Gasteiger partial charge in [-0.25, -0.2) is 4.79 Å². The second-order valence-electron chi connectivity index (χ2n) is 5.70. The van der Waals surface area contributed by atoms with E-state index in [-0.39, 0.29) is 19.4 Å². The molecule has 0 radical (unpaired) electrons. The van der Waals surface area contributed by atoms with Gasteiger partial charge in [-0.3, -0.25) is 4.79 Å². The van der Waals surface area contributed by atoms with Crippen molar-refractivity contribution in [3.8, 4) is 0 Å². The molecule has 126 valence electrons. The first kappa shape index (κ1) is 17.5. The van der Waals surface area contributed by atoms with Crippen LogP contribution in [0.3, 0.4) is 0 Å². The fourth-order valence-electron chi connectivity index (χ4n) is 2.66. The number of rotatable bonds is 6. The van der Waals surface area contributed by atoms with Crippen molar-refractivity contribution in [3.63, 3.8) is 0 Å². The Morgan fingerprint density at radius 2 is 2.09 bits per heavy atom. The molecular formula is C16H20NO5S-. The van der Waals surface area contributed by atoms with Crippen molar-refractivity contribution in [2.75, 3.05) is 11.9 Å². The van der Waals surface area contributed by atoms with Crippen LogP contribution >= 0.6 is 11.3 Å². The number of hydrogen-bond donors (Lipinski definition) is 1. The summed E-state index contributed by atoms with van der Waals surface area (Å²) in [4.78, 5) is 35.7. The van der Waals surface area contributed by atoms with E-state index in [0.717, 1.165) is 29.7 Å². The average molecular weight is 338 g/mol. The van der Waals surface area contributed by atoms with Crippen molar-refractivity contribution in [1.82, 2.24) is 0 Å². The summed E-state index contributed by atoms with van der Waals surface area (Å²) in [5.74, 6) is -1.61. The quantitative estimate of drug-likeness (QED) is 0.793. The summed E-state index contributed by atoms with van der Waals surface area (Å²) in [5.41, 5.74) is 1.39. The third-order valence-corrected chi connectivity index (χ3v) is 4.97. The molecule has 2 rings (SSSR count). The summed E-state index contributed by atoms with van der Waals surface area (Å²) in [5, 5.41) is 13.6. The first-order valence-electron chi connectivity index (χ1n) is 7.73. The van der Waals surface area contributed by atoms with Crippen LogP contribution < -0.4 is 10.4 Å². The summed E-state index contributed by atoms with van der Waals surface area (Å²) in [7, 11) is 0. The number of carboxylic acid groups (broad SMARTS) is 1. The van der Waals surface area contributed by atoms with E-state index in [0.29, 0.717) is 16.5 Å². The van der Waals surface area contributed by atoms with Crippen molar-refractivity contribution in [2.45, 2.75) is 46.0 Å². The summed E-state index contributed by atoms with van der Waals surface area (Å²) < 4.78 is 5.11. The first-order valence-corrected chi connectivity index (χ1v) is 8.55. The molecule has 0 bridgehead atoms. The van der Waals surface area contributed by atoms with E-state index in [1.165, 1.54) is 11.3 Å². The molecule has 1 N–H and O–H groups in total. The zero-order valence-corrected chi connectivity index (χ0v) is 14.1. The fourth-order valence-corrected chi connectivity index (χ4v) is 4.08. The van der Waals surface area contributed by atoms with Gasteiger partial charge in [-0.2, -0.15) is 0 Å². The first-order chi connectivity index (χ1) is 10.9. The molecule has 1 atom stereocenters. The van der Waals surface area contributed by atoms with Crippen molar-refractivity contribution >= 4 is 34.2 Å². The highest BCUT2D eigenvalue weighted by atomic mass is 32.1. The lowest BCUT2D eigenvalue weighted by molar-refractivity contribution is -0.305. The minimum Gasteiger partial charge on any atom is -0.550 e. The SMILES string of the molecule is CCOC(=O)c1c(NC(=O)CCC(=O)[O-])sc2c1CCC(C)C2. The summed E-state index contributed by atoms with van der Waals surface area (Å²) >= 11 is 1.39. The van der Waals surface area contributed by atoms with Crippen LogP contribution in [-0.4, -0.2) is 24.5 Å². The Kier molecular flexibility index (Phi) is 5.76. The zero-order chi connectivity index (χ0) is 17.0. The van der Waals surface area contributed by atoms with E-state index in [1.807, 2.05) is 0 Å². The highest BCUT2D eigenvalue weighted by molar-refractivity contribution is 7.17. The number of carbonyl (C=O) groups is 3. The number of amides is 1. The second-order valence-corrected chi connectivity index (χ2v) is 6.80. The lowest BCUT2D eigenvalue weighted by atomic mass is 9.88. The van der Waals surface area contributed by atoms with Gasteiger partial charge < -0.3 is 20.0 Å². The van der Waals surface area contributed by atoms with Crippen molar-refractivity contribution < 1.29 is 24.2 Å². The Morgan fingerprint density at radius 3 is 2.74 bits per heavy atom. The van der Waals surface area contributed by atoms with E-state index in [9.17, 15) is 19.5 Å². The van der Waals surface area contributed by atoms with E-state index >= 15 is 0 Å². The number of anilines is 1. The molecule has 23 heavy (non-hydrogen) atoms. The number of aliphatic carboxylic acids is 1. The van der Waals surface area contributed by atoms with E-state index in [1.54, 1.807) is 6.92 Å². The largest absolute Gasteiger partial charge is 0.550 e. The van der Waals surface area contributed by atoms with E-state index in [2.05, 4.69) is 12.2 Å². The van der Waals surface area contributed by atoms with Gasteiger partial charge in [-0.05, 0) is 44.1 Å². The number of hydrogen-bond acceptors (Lipinski definition) is 6. The normalized spacial score (nSPS) is 16.5. The van der Waals surface area contributed by atoms with Gasteiger partial charge in [0.15, 0.2) is 0 Å². The Morgan fingerprint density at radius 1 is 1.35 bits per heavy atom. The third-order valence-electron chi connectivity index (χ3n) is 3.80. The molecule has 0 fully saturated rings. The number of thiophene rings is 1. The molecule has 1 amide bonds. The minimum atomic E-state index is -1.27. The number of ether oxygens (including phenoxy) is 1. The molecule has 0 saturated heterocycles. The predicted molar refractivity (Wildman–Crippen MR) is 84.3 cm³/mol. The van der Waals surface area contributed by atoms with Crippen LogP contribution in [0.15, 0.2) is 0 Å². The second kappa shape index (κ2) is 7.59. The minimum absolute atomic E-state index is 0.177. The number of esters is 1. The maximum atomic E-state index is 12.3. The monoisotopic (exact) mass is 338 g/mol. The number of carboxylic acids is 1. The van der Waals surface area contributed by atoms with Gasteiger partial charge in [0.2, 0.25) is 5.91 Å². The van der Waals surface area contributed by atoms with Crippen molar-refractivity contribution in [2.24, 2.45) is 5.92 Å². The summed E-state index contributed by atoms with van der Waals surface area (Å²) in [6.07, 6.45) is 2.14. The zero-order valence-electron chi connectivity index (χ0n) is 13.3. The third kappa shape index (κ3) is 4.31. The van der Waals surface area contributed by atoms with E-state index in [4.69, 9.17) is 4.74 Å². The number of nitrogens with one attached hydrogen (secondary N) is 1. The highest BCUT2D eigenvalue weighted by Crippen LogP contribution is 2.40. The topological polar surface area (TPSA) is 95.5 Å². The van der Waals surface area contributed by atoms with Crippen LogP contribution in [0.1, 0.15) is 53.9 Å². The molecule has 1 aliphatic rings. The van der Waals surface area contributed by atoms with Crippen LogP contribution in [0.2, 0.25) is 0 Å². The maximum absolute atomic E-state index is 12.3. The molecular weight excluding hydrogens is 318 g/mol. The van der Waals surface area contributed by atoms with Gasteiger partial charge in [0.25, 0.3) is 0 Å². The van der Waals surface area contributed by atoms with Gasteiger partial charge in [-0.15, -0.1) is 11.3 Å². The molecule has 7 heteroatoms. The average Bonchev–Trinajstić information content (AvgIpc) is 2.82. The smallest absolute Gasteiger partial charge is 0.341 e. The van der Waals surface area contributed by atoms with Gasteiger partial charge in [0.05, 0.1) is 12.2 Å². The molecule has 0 aromatic carbocycles. The van der Waals surface area contributed by atoms with Crippen LogP contribution in [0.5, 0.6) is 0 Å². The molecule has 1 unspecified atom stereocenters. The number of fused-ring (bicyclic) bond motifs is 1. The Balaban J connectivity index is 2.25. The molecule has 1 aromatic rings. The maximum Gasteiger partial charge on any atom is 0.341 e.